The van der Waals surface area contributed by atoms with Crippen molar-refractivity contribution in [2.75, 3.05) is 6.61 Å². The second kappa shape index (κ2) is 11.1. The Kier molecular flexibility index (Phi) is 7.73. The number of oxime groups is 1. The highest BCUT2D eigenvalue weighted by molar-refractivity contribution is 5.91. The normalized spacial score (nSPS) is 16.0. The molecule has 0 saturated carbocycles. The average molecular weight is 490 g/mol. The minimum Gasteiger partial charge on any atom is -0.489 e. The third kappa shape index (κ3) is 6.53. The number of pyridine rings is 1. The van der Waals surface area contributed by atoms with Crippen LogP contribution in [0.2, 0.25) is 0 Å². The highest BCUT2D eigenvalue weighted by atomic mass is 16.7. The zero-order chi connectivity index (χ0) is 25.5. The molecule has 2 heterocycles. The number of aromatic nitrogens is 1. The molecule has 3 aromatic rings. The van der Waals surface area contributed by atoms with Crippen LogP contribution in [-0.2, 0) is 16.2 Å². The third-order valence-electron chi connectivity index (χ3n) is 5.67. The van der Waals surface area contributed by atoms with Gasteiger partial charge in [-0.2, -0.15) is 0 Å². The Morgan fingerprint density at radius 1 is 1.06 bits per heavy atom. The van der Waals surface area contributed by atoms with E-state index < -0.39 is 12.2 Å². The predicted octanol–water partition coefficient (Wildman–Crippen LogP) is 5.36. The van der Waals surface area contributed by atoms with Gasteiger partial charge in [0.25, 0.3) is 0 Å². The van der Waals surface area contributed by atoms with E-state index in [9.17, 15) is 4.79 Å². The molecule has 0 spiro atoms. The summed E-state index contributed by atoms with van der Waals surface area (Å²) in [6.07, 6.45) is 0.538. The van der Waals surface area contributed by atoms with Crippen LogP contribution in [0.5, 0.6) is 11.6 Å². The quantitative estimate of drug-likeness (QED) is 0.434. The van der Waals surface area contributed by atoms with Gasteiger partial charge in [-0.15, -0.1) is 0 Å². The first-order chi connectivity index (χ1) is 17.3. The van der Waals surface area contributed by atoms with Gasteiger partial charge in [0.2, 0.25) is 5.88 Å². The van der Waals surface area contributed by atoms with Gasteiger partial charge in [0.05, 0.1) is 0 Å². The molecule has 0 saturated heterocycles. The van der Waals surface area contributed by atoms with Crippen molar-refractivity contribution in [3.63, 3.8) is 0 Å². The second-order valence-electron chi connectivity index (χ2n) is 9.66. The predicted molar refractivity (Wildman–Crippen MR) is 137 cm³/mol. The van der Waals surface area contributed by atoms with Gasteiger partial charge in [-0.1, -0.05) is 74.5 Å². The molecule has 1 aliphatic heterocycles. The third-order valence-corrected chi connectivity index (χ3v) is 5.67. The van der Waals surface area contributed by atoms with Crippen LogP contribution in [0.15, 0.2) is 78.1 Å². The van der Waals surface area contributed by atoms with E-state index in [1.807, 2.05) is 87.5 Å². The Balaban J connectivity index is 1.36. The molecule has 1 aliphatic rings. The first-order valence-corrected chi connectivity index (χ1v) is 11.8. The van der Waals surface area contributed by atoms with E-state index in [4.69, 9.17) is 24.8 Å². The molecule has 0 radical (unpaired) electrons. The van der Waals surface area contributed by atoms with Crippen molar-refractivity contribution in [3.05, 3.63) is 78.5 Å². The van der Waals surface area contributed by atoms with Crippen molar-refractivity contribution >= 4 is 11.8 Å². The van der Waals surface area contributed by atoms with Crippen molar-refractivity contribution in [2.45, 2.75) is 46.0 Å². The number of nitrogens with zero attached hydrogens (tertiary/aromatic N) is 2. The molecule has 2 atom stereocenters. The number of para-hydroxylation sites is 1. The molecule has 2 N–H and O–H groups in total. The van der Waals surface area contributed by atoms with E-state index >= 15 is 0 Å². The zero-order valence-corrected chi connectivity index (χ0v) is 20.7. The van der Waals surface area contributed by atoms with Crippen LogP contribution in [0.4, 0.5) is 4.79 Å². The monoisotopic (exact) mass is 489 g/mol. The summed E-state index contributed by atoms with van der Waals surface area (Å²) in [5, 5.41) is 4.16. The van der Waals surface area contributed by atoms with Gasteiger partial charge in [0.1, 0.15) is 30.8 Å². The van der Waals surface area contributed by atoms with Crippen molar-refractivity contribution in [2.24, 2.45) is 16.3 Å². The maximum atomic E-state index is 11.4. The lowest BCUT2D eigenvalue weighted by atomic mass is 9.84. The summed E-state index contributed by atoms with van der Waals surface area (Å²) in [7, 11) is 0. The molecule has 8 nitrogen and oxygen atoms in total. The molecule has 0 aliphatic carbocycles. The van der Waals surface area contributed by atoms with E-state index in [1.54, 1.807) is 6.20 Å². The number of primary amides is 1. The number of hydrogen-bond acceptors (Lipinski definition) is 7. The number of rotatable bonds is 9. The molecule has 2 aromatic carbocycles. The molecule has 0 bridgehead atoms. The molecule has 36 heavy (non-hydrogen) atoms. The average Bonchev–Trinajstić information content (AvgIpc) is 3.34. The minimum atomic E-state index is -0.837. The summed E-state index contributed by atoms with van der Waals surface area (Å²) in [6, 6.07) is 21.5. The van der Waals surface area contributed by atoms with Crippen molar-refractivity contribution in [1.29, 1.82) is 0 Å². The SMILES string of the molecule is CC(C)(C)C(OC(N)=O)C1=NOC(COc2ccccc2-c2ccc(OCc3ccccc3)nc2)C1. The van der Waals surface area contributed by atoms with E-state index in [1.165, 1.54) is 0 Å². The van der Waals surface area contributed by atoms with Gasteiger partial charge >= 0.3 is 6.09 Å². The maximum absolute atomic E-state index is 11.4. The fraction of sp³-hybridized carbons (Fsp3) is 0.321. The van der Waals surface area contributed by atoms with Crippen molar-refractivity contribution < 1.29 is 23.8 Å². The van der Waals surface area contributed by atoms with Gasteiger partial charge in [0, 0.05) is 35.2 Å². The summed E-state index contributed by atoms with van der Waals surface area (Å²) < 4.78 is 17.2. The summed E-state index contributed by atoms with van der Waals surface area (Å²) >= 11 is 0. The van der Waals surface area contributed by atoms with E-state index in [0.29, 0.717) is 30.4 Å². The van der Waals surface area contributed by atoms with Gasteiger partial charge < -0.3 is 24.8 Å². The lowest BCUT2D eigenvalue weighted by molar-refractivity contribution is 0.0470. The number of ether oxygens (including phenoxy) is 3. The summed E-state index contributed by atoms with van der Waals surface area (Å²) in [6.45, 7) is 6.60. The van der Waals surface area contributed by atoms with Gasteiger partial charge in [-0.25, -0.2) is 9.78 Å². The standard InChI is InChI=1S/C28H31N3O5/c1-28(2,3)26(35-27(29)32)23-15-21(36-31-23)18-33-24-12-8-7-11-22(24)20-13-14-25(30-16-20)34-17-19-9-5-4-6-10-19/h4-14,16,21,26H,15,17-18H2,1-3H3,(H2,29,32). The van der Waals surface area contributed by atoms with Crippen LogP contribution in [-0.4, -0.2) is 35.6 Å². The molecule has 4 rings (SSSR count). The number of benzene rings is 2. The summed E-state index contributed by atoms with van der Waals surface area (Å²) in [5.74, 6) is 1.26. The number of carbonyl (C=O) groups is 1. The molecular weight excluding hydrogens is 458 g/mol. The molecule has 1 aromatic heterocycles. The Morgan fingerprint density at radius 2 is 1.81 bits per heavy atom. The maximum Gasteiger partial charge on any atom is 0.405 e. The van der Waals surface area contributed by atoms with Gasteiger partial charge in [-0.05, 0) is 17.7 Å². The second-order valence-corrected chi connectivity index (χ2v) is 9.66. The zero-order valence-electron chi connectivity index (χ0n) is 20.7. The molecule has 0 fully saturated rings. The molecule has 8 heteroatoms. The van der Waals surface area contributed by atoms with E-state index in [2.05, 4.69) is 10.1 Å². The molecular formula is C28H31N3O5. The Bertz CT molecular complexity index is 1190. The Labute approximate surface area is 211 Å². The summed E-state index contributed by atoms with van der Waals surface area (Å²) in [4.78, 5) is 21.4. The number of amides is 1. The first kappa shape index (κ1) is 25.0. The van der Waals surface area contributed by atoms with Gasteiger partial charge in [-0.3, -0.25) is 0 Å². The fourth-order valence-electron chi connectivity index (χ4n) is 3.93. The highest BCUT2D eigenvalue weighted by Gasteiger charge is 2.37. The summed E-state index contributed by atoms with van der Waals surface area (Å²) in [5.41, 5.74) is 8.42. The van der Waals surface area contributed by atoms with Crippen LogP contribution in [0.1, 0.15) is 32.8 Å². The van der Waals surface area contributed by atoms with E-state index in [0.717, 1.165) is 16.7 Å². The van der Waals surface area contributed by atoms with Crippen LogP contribution in [0.3, 0.4) is 0 Å². The van der Waals surface area contributed by atoms with Crippen LogP contribution >= 0.6 is 0 Å². The fourth-order valence-corrected chi connectivity index (χ4v) is 3.93. The Hall–Kier alpha value is -4.07. The smallest absolute Gasteiger partial charge is 0.405 e. The number of nitrogens with two attached hydrogens (primary N) is 1. The van der Waals surface area contributed by atoms with Crippen LogP contribution in [0, 0.1) is 5.41 Å². The molecule has 188 valence electrons. The Morgan fingerprint density at radius 3 is 2.50 bits per heavy atom. The highest BCUT2D eigenvalue weighted by Crippen LogP contribution is 2.32. The number of carbonyl (C=O) groups excluding carboxylic acids is 1. The van der Waals surface area contributed by atoms with Gasteiger partial charge in [0.15, 0.2) is 6.10 Å². The molecule has 1 amide bonds. The minimum absolute atomic E-state index is 0.281. The first-order valence-electron chi connectivity index (χ1n) is 11.8. The van der Waals surface area contributed by atoms with Crippen LogP contribution < -0.4 is 15.2 Å². The largest absolute Gasteiger partial charge is 0.489 e. The van der Waals surface area contributed by atoms with Crippen molar-refractivity contribution in [3.8, 4) is 22.8 Å². The van der Waals surface area contributed by atoms with Crippen LogP contribution in [0.25, 0.3) is 11.1 Å². The topological polar surface area (TPSA) is 105 Å². The van der Waals surface area contributed by atoms with E-state index in [-0.39, 0.29) is 18.1 Å². The van der Waals surface area contributed by atoms with Crippen molar-refractivity contribution in [1.82, 2.24) is 4.98 Å². The molecule has 2 unspecified atom stereocenters. The lowest BCUT2D eigenvalue weighted by Crippen LogP contribution is -2.40. The number of hydrogen-bond donors (Lipinski definition) is 1. The lowest BCUT2D eigenvalue weighted by Gasteiger charge is -2.28.